The molecule has 7 nitrogen and oxygen atoms in total. The van der Waals surface area contributed by atoms with Crippen LogP contribution in [-0.4, -0.2) is 67.5 Å². The molecular weight excluding hydrogens is 408 g/mol. The van der Waals surface area contributed by atoms with Gasteiger partial charge in [-0.3, -0.25) is 9.59 Å². The minimum absolute atomic E-state index is 0.0891. The van der Waals surface area contributed by atoms with Crippen LogP contribution in [0.25, 0.3) is 5.76 Å². The van der Waals surface area contributed by atoms with Gasteiger partial charge in [-0.05, 0) is 69.4 Å². The van der Waals surface area contributed by atoms with Gasteiger partial charge in [0.1, 0.15) is 17.3 Å². The fraction of sp³-hybridized carbons (Fsp3) is 0.360. The molecule has 1 heterocycles. The molecule has 0 aliphatic carbocycles. The normalized spacial score (nSPS) is 17.8. The molecule has 1 N–H and O–H groups in total. The molecule has 0 aromatic heterocycles. The second kappa shape index (κ2) is 9.87. The predicted octanol–water partition coefficient (Wildman–Crippen LogP) is 3.39. The number of likely N-dealkylation sites (tertiary alicyclic amines) is 1. The number of hydrogen-bond donors (Lipinski definition) is 1. The molecule has 170 valence electrons. The van der Waals surface area contributed by atoms with E-state index in [4.69, 9.17) is 9.47 Å². The van der Waals surface area contributed by atoms with Gasteiger partial charge in [0.15, 0.2) is 0 Å². The van der Waals surface area contributed by atoms with Crippen molar-refractivity contribution in [3.63, 3.8) is 0 Å². The van der Waals surface area contributed by atoms with E-state index < -0.39 is 17.7 Å². The average Bonchev–Trinajstić information content (AvgIpc) is 3.02. The molecule has 1 atom stereocenters. The highest BCUT2D eigenvalue weighted by Gasteiger charge is 2.46. The van der Waals surface area contributed by atoms with E-state index in [2.05, 4.69) is 0 Å². The van der Waals surface area contributed by atoms with Crippen LogP contribution >= 0.6 is 0 Å². The van der Waals surface area contributed by atoms with Gasteiger partial charge in [0.25, 0.3) is 11.7 Å². The van der Waals surface area contributed by atoms with Crippen molar-refractivity contribution < 1.29 is 24.2 Å². The first-order valence-corrected chi connectivity index (χ1v) is 10.6. The minimum Gasteiger partial charge on any atom is -0.507 e. The lowest BCUT2D eigenvalue weighted by Crippen LogP contribution is -2.35. The molecule has 1 aliphatic rings. The monoisotopic (exact) mass is 438 g/mol. The van der Waals surface area contributed by atoms with Crippen molar-refractivity contribution in [1.29, 1.82) is 0 Å². The summed E-state index contributed by atoms with van der Waals surface area (Å²) >= 11 is 0. The van der Waals surface area contributed by atoms with Gasteiger partial charge in [0, 0.05) is 18.7 Å². The van der Waals surface area contributed by atoms with E-state index in [1.165, 1.54) is 4.90 Å². The van der Waals surface area contributed by atoms with Gasteiger partial charge < -0.3 is 24.4 Å². The van der Waals surface area contributed by atoms with Crippen molar-refractivity contribution in [1.82, 2.24) is 9.80 Å². The van der Waals surface area contributed by atoms with Gasteiger partial charge in [-0.2, -0.15) is 0 Å². The van der Waals surface area contributed by atoms with Crippen LogP contribution in [0.15, 0.2) is 48.0 Å². The number of amides is 1. The van der Waals surface area contributed by atoms with Gasteiger partial charge in [0.2, 0.25) is 0 Å². The summed E-state index contributed by atoms with van der Waals surface area (Å²) in [5.41, 5.74) is 2.06. The molecule has 32 heavy (non-hydrogen) atoms. The van der Waals surface area contributed by atoms with Crippen molar-refractivity contribution in [2.45, 2.75) is 19.9 Å². The van der Waals surface area contributed by atoms with E-state index in [1.807, 2.05) is 57.1 Å². The summed E-state index contributed by atoms with van der Waals surface area (Å²) in [7, 11) is 5.38. The second-order valence-corrected chi connectivity index (χ2v) is 7.98. The molecule has 0 saturated carbocycles. The van der Waals surface area contributed by atoms with Crippen molar-refractivity contribution in [3.8, 4) is 11.5 Å². The molecule has 7 heteroatoms. The van der Waals surface area contributed by atoms with E-state index in [-0.39, 0.29) is 11.3 Å². The zero-order chi connectivity index (χ0) is 23.4. The first-order valence-electron chi connectivity index (χ1n) is 10.6. The highest BCUT2D eigenvalue weighted by atomic mass is 16.5. The third kappa shape index (κ3) is 4.62. The Morgan fingerprint density at radius 3 is 2.31 bits per heavy atom. The number of likely N-dealkylation sites (N-methyl/N-ethyl adjacent to an activating group) is 1. The Bertz CT molecular complexity index is 1030. The van der Waals surface area contributed by atoms with Crippen LogP contribution in [0, 0.1) is 6.92 Å². The number of carbonyl (C=O) groups excluding carboxylic acids is 2. The quantitative estimate of drug-likeness (QED) is 0.387. The van der Waals surface area contributed by atoms with Crippen LogP contribution < -0.4 is 9.47 Å². The van der Waals surface area contributed by atoms with Gasteiger partial charge in [-0.25, -0.2) is 0 Å². The molecule has 1 unspecified atom stereocenters. The number of benzene rings is 2. The number of ketones is 1. The maximum atomic E-state index is 13.1. The molecular formula is C25H30N2O5. The number of carbonyl (C=O) groups is 2. The summed E-state index contributed by atoms with van der Waals surface area (Å²) in [5.74, 6) is -0.135. The molecule has 1 fully saturated rings. The van der Waals surface area contributed by atoms with Crippen molar-refractivity contribution in [2.24, 2.45) is 0 Å². The Balaban J connectivity index is 2.13. The zero-order valence-corrected chi connectivity index (χ0v) is 19.2. The molecule has 0 spiro atoms. The third-order valence-corrected chi connectivity index (χ3v) is 5.52. The molecule has 1 saturated heterocycles. The molecule has 0 radical (unpaired) electrons. The maximum Gasteiger partial charge on any atom is 0.295 e. The number of methoxy groups -OCH3 is 1. The van der Waals surface area contributed by atoms with Gasteiger partial charge >= 0.3 is 0 Å². The number of nitrogens with zero attached hydrogens (tertiary/aromatic N) is 2. The number of hydrogen-bond acceptors (Lipinski definition) is 6. The van der Waals surface area contributed by atoms with E-state index >= 15 is 0 Å². The summed E-state index contributed by atoms with van der Waals surface area (Å²) in [6.07, 6.45) is 0. The van der Waals surface area contributed by atoms with Crippen LogP contribution in [0.2, 0.25) is 0 Å². The van der Waals surface area contributed by atoms with Crippen molar-refractivity contribution in [3.05, 3.63) is 64.7 Å². The SMILES string of the molecule is CCOc1ccc(C2/C(=C(/O)c3ccc(OC)cc3C)C(=O)C(=O)N2CCN(C)C)cc1. The van der Waals surface area contributed by atoms with Crippen LogP contribution in [0.1, 0.15) is 29.7 Å². The van der Waals surface area contributed by atoms with Crippen LogP contribution in [0.3, 0.4) is 0 Å². The topological polar surface area (TPSA) is 79.3 Å². The third-order valence-electron chi connectivity index (χ3n) is 5.52. The summed E-state index contributed by atoms with van der Waals surface area (Å²) < 4.78 is 10.8. The molecule has 3 rings (SSSR count). The first-order chi connectivity index (χ1) is 15.3. The Kier molecular flexibility index (Phi) is 7.20. The van der Waals surface area contributed by atoms with E-state index in [0.717, 1.165) is 11.1 Å². The number of ether oxygens (including phenoxy) is 2. The number of aliphatic hydroxyl groups is 1. The lowest BCUT2D eigenvalue weighted by atomic mass is 9.94. The number of Topliss-reactive ketones (excluding diaryl/α,β-unsaturated/α-hetero) is 1. The predicted molar refractivity (Wildman–Crippen MR) is 123 cm³/mol. The standard InChI is InChI=1S/C25H30N2O5/c1-6-32-18-9-7-17(8-10-18)22-21(24(29)25(30)27(22)14-13-26(3)4)23(28)20-12-11-19(31-5)15-16(20)2/h7-12,15,22,28H,6,13-14H2,1-5H3/b23-21-. The lowest BCUT2D eigenvalue weighted by molar-refractivity contribution is -0.140. The smallest absolute Gasteiger partial charge is 0.295 e. The number of rotatable bonds is 8. The molecule has 0 bridgehead atoms. The van der Waals surface area contributed by atoms with E-state index in [1.54, 1.807) is 25.3 Å². The van der Waals surface area contributed by atoms with Gasteiger partial charge in [0.05, 0.1) is 25.3 Å². The van der Waals surface area contributed by atoms with Gasteiger partial charge in [-0.1, -0.05) is 12.1 Å². The van der Waals surface area contributed by atoms with Crippen LogP contribution in [-0.2, 0) is 9.59 Å². The Labute approximate surface area is 188 Å². The van der Waals surface area contributed by atoms with E-state index in [0.29, 0.717) is 36.8 Å². The fourth-order valence-electron chi connectivity index (χ4n) is 3.85. The average molecular weight is 439 g/mol. The molecule has 1 amide bonds. The summed E-state index contributed by atoms with van der Waals surface area (Å²) in [6, 6.07) is 11.8. The van der Waals surface area contributed by atoms with Crippen molar-refractivity contribution >= 4 is 17.4 Å². The Morgan fingerprint density at radius 1 is 1.09 bits per heavy atom. The van der Waals surface area contributed by atoms with E-state index in [9.17, 15) is 14.7 Å². The largest absolute Gasteiger partial charge is 0.507 e. The second-order valence-electron chi connectivity index (χ2n) is 7.98. The Morgan fingerprint density at radius 2 is 1.75 bits per heavy atom. The highest BCUT2D eigenvalue weighted by Crippen LogP contribution is 2.40. The molecule has 2 aromatic rings. The number of aryl methyl sites for hydroxylation is 1. The molecule has 2 aromatic carbocycles. The highest BCUT2D eigenvalue weighted by molar-refractivity contribution is 6.46. The van der Waals surface area contributed by atoms with Gasteiger partial charge in [-0.15, -0.1) is 0 Å². The number of aliphatic hydroxyl groups excluding tert-OH is 1. The van der Waals surface area contributed by atoms with Crippen LogP contribution in [0.4, 0.5) is 0 Å². The lowest BCUT2D eigenvalue weighted by Gasteiger charge is -2.26. The maximum absolute atomic E-state index is 13.1. The summed E-state index contributed by atoms with van der Waals surface area (Å²) in [4.78, 5) is 29.5. The minimum atomic E-state index is -0.688. The van der Waals surface area contributed by atoms with Crippen LogP contribution in [0.5, 0.6) is 11.5 Å². The first kappa shape index (κ1) is 23.3. The molecule has 1 aliphatic heterocycles. The summed E-state index contributed by atoms with van der Waals surface area (Å²) in [5, 5.41) is 11.2. The summed E-state index contributed by atoms with van der Waals surface area (Å²) in [6.45, 7) is 5.21. The Hall–Kier alpha value is -3.32. The fourth-order valence-corrected chi connectivity index (χ4v) is 3.85. The van der Waals surface area contributed by atoms with Crippen molar-refractivity contribution in [2.75, 3.05) is 40.9 Å². The zero-order valence-electron chi connectivity index (χ0n) is 19.2.